The van der Waals surface area contributed by atoms with Crippen molar-refractivity contribution in [2.45, 2.75) is 0 Å². The van der Waals surface area contributed by atoms with Gasteiger partial charge in [-0.2, -0.15) is 0 Å². The highest BCUT2D eigenvalue weighted by molar-refractivity contribution is 7.18. The zero-order valence-electron chi connectivity index (χ0n) is 14.6. The van der Waals surface area contributed by atoms with Crippen molar-refractivity contribution < 1.29 is 14.3 Å². The second-order valence-electron chi connectivity index (χ2n) is 5.72. The molecule has 0 saturated heterocycles. The summed E-state index contributed by atoms with van der Waals surface area (Å²) in [5.74, 6) is 0.697. The molecule has 0 aliphatic heterocycles. The van der Waals surface area contributed by atoms with Crippen LogP contribution in [0.25, 0.3) is 16.0 Å². The van der Waals surface area contributed by atoms with Crippen LogP contribution in [0.1, 0.15) is 9.67 Å². The van der Waals surface area contributed by atoms with E-state index in [1.807, 2.05) is 24.3 Å². The maximum Gasteiger partial charge on any atom is 0.266 e. The quantitative estimate of drug-likeness (QED) is 0.587. The maximum atomic E-state index is 12.7. The van der Waals surface area contributed by atoms with E-state index < -0.39 is 5.91 Å². The van der Waals surface area contributed by atoms with Gasteiger partial charge in [-0.05, 0) is 12.1 Å². The van der Waals surface area contributed by atoms with Gasteiger partial charge in [-0.1, -0.05) is 23.5 Å². The molecular weight excluding hydrogens is 366 g/mol. The molecule has 0 spiro atoms. The number of hydrogen-bond acceptors (Lipinski definition) is 6. The summed E-state index contributed by atoms with van der Waals surface area (Å²) in [7, 11) is 3.06. The standard InChI is InChI=1S/C19H15N3O4S/c1-25-12-7-11(8-13(9-12)26-2)20-18(24)16-10-17(23)22-15-6-4-3-5-14(15)21-19(22)27-16/h3-10H,1-2H3,(H,20,24). The van der Waals surface area contributed by atoms with Gasteiger partial charge in [0.2, 0.25) is 0 Å². The number of ether oxygens (including phenoxy) is 2. The van der Waals surface area contributed by atoms with Crippen molar-refractivity contribution in [2.24, 2.45) is 0 Å². The number of anilines is 1. The predicted octanol–water partition coefficient (Wildman–Crippen LogP) is 3.18. The number of para-hydroxylation sites is 2. The fourth-order valence-electron chi connectivity index (χ4n) is 2.77. The first-order chi connectivity index (χ1) is 13.1. The molecule has 2 aromatic heterocycles. The van der Waals surface area contributed by atoms with Crippen LogP contribution in [0.4, 0.5) is 5.69 Å². The van der Waals surface area contributed by atoms with Crippen molar-refractivity contribution in [3.05, 3.63) is 63.8 Å². The van der Waals surface area contributed by atoms with Gasteiger partial charge in [-0.15, -0.1) is 0 Å². The number of fused-ring (bicyclic) bond motifs is 3. The van der Waals surface area contributed by atoms with Crippen LogP contribution < -0.4 is 20.3 Å². The lowest BCUT2D eigenvalue weighted by Gasteiger charge is -2.09. The highest BCUT2D eigenvalue weighted by atomic mass is 32.1. The molecule has 0 bridgehead atoms. The number of benzene rings is 2. The Morgan fingerprint density at radius 2 is 1.78 bits per heavy atom. The Balaban J connectivity index is 1.73. The third-order valence-corrected chi connectivity index (χ3v) is 5.02. The van der Waals surface area contributed by atoms with Crippen LogP contribution in [-0.2, 0) is 0 Å². The van der Waals surface area contributed by atoms with Crippen LogP contribution >= 0.6 is 11.3 Å². The molecule has 4 rings (SSSR count). The summed E-state index contributed by atoms with van der Waals surface area (Å²) >= 11 is 1.15. The first-order valence-electron chi connectivity index (χ1n) is 8.05. The third kappa shape index (κ3) is 3.11. The summed E-state index contributed by atoms with van der Waals surface area (Å²) in [6.07, 6.45) is 0. The smallest absolute Gasteiger partial charge is 0.266 e. The molecule has 27 heavy (non-hydrogen) atoms. The Hall–Kier alpha value is -3.39. The molecule has 0 atom stereocenters. The fraction of sp³-hybridized carbons (Fsp3) is 0.105. The number of hydrogen-bond donors (Lipinski definition) is 1. The molecule has 4 aromatic rings. The van der Waals surface area contributed by atoms with Crippen LogP contribution in [0.15, 0.2) is 53.3 Å². The van der Waals surface area contributed by atoms with Gasteiger partial charge in [-0.3, -0.25) is 14.0 Å². The summed E-state index contributed by atoms with van der Waals surface area (Å²) in [5, 5.41) is 2.77. The molecule has 1 N–H and O–H groups in total. The summed E-state index contributed by atoms with van der Waals surface area (Å²) < 4.78 is 11.9. The number of carbonyl (C=O) groups excluding carboxylic acids is 1. The van der Waals surface area contributed by atoms with Crippen molar-refractivity contribution in [1.82, 2.24) is 9.38 Å². The highest BCUT2D eigenvalue weighted by Gasteiger charge is 2.15. The van der Waals surface area contributed by atoms with E-state index in [0.717, 1.165) is 16.9 Å². The van der Waals surface area contributed by atoms with E-state index in [4.69, 9.17) is 9.47 Å². The van der Waals surface area contributed by atoms with Crippen molar-refractivity contribution >= 4 is 38.9 Å². The van der Waals surface area contributed by atoms with Crippen molar-refractivity contribution in [3.63, 3.8) is 0 Å². The topological polar surface area (TPSA) is 81.9 Å². The largest absolute Gasteiger partial charge is 0.497 e. The monoisotopic (exact) mass is 381 g/mol. The molecule has 1 amide bonds. The SMILES string of the molecule is COc1cc(NC(=O)c2cc(=O)n3c(nc4ccccc43)s2)cc(OC)c1. The van der Waals surface area contributed by atoms with Crippen molar-refractivity contribution in [2.75, 3.05) is 19.5 Å². The Labute approximate surface area is 157 Å². The van der Waals surface area contributed by atoms with Gasteiger partial charge in [0.05, 0.1) is 25.3 Å². The fourth-order valence-corrected chi connectivity index (χ4v) is 3.70. The maximum absolute atomic E-state index is 12.7. The highest BCUT2D eigenvalue weighted by Crippen LogP contribution is 2.27. The van der Waals surface area contributed by atoms with E-state index in [9.17, 15) is 9.59 Å². The lowest BCUT2D eigenvalue weighted by molar-refractivity contribution is 0.103. The molecule has 8 heteroatoms. The van der Waals surface area contributed by atoms with Gasteiger partial charge in [0, 0.05) is 30.0 Å². The van der Waals surface area contributed by atoms with Gasteiger partial charge in [0.15, 0.2) is 4.96 Å². The number of rotatable bonds is 4. The molecule has 0 radical (unpaired) electrons. The van der Waals surface area contributed by atoms with E-state index in [0.29, 0.717) is 27.7 Å². The number of methoxy groups -OCH3 is 2. The third-order valence-electron chi connectivity index (χ3n) is 4.04. The number of nitrogens with one attached hydrogen (secondary N) is 1. The molecule has 136 valence electrons. The van der Waals surface area contributed by atoms with Gasteiger partial charge in [0.1, 0.15) is 16.4 Å². The van der Waals surface area contributed by atoms with Crippen LogP contribution in [0.2, 0.25) is 0 Å². The predicted molar refractivity (Wildman–Crippen MR) is 104 cm³/mol. The summed E-state index contributed by atoms with van der Waals surface area (Å²) in [5.41, 5.74) is 1.63. The molecule has 0 aliphatic rings. The number of carbonyl (C=O) groups is 1. The van der Waals surface area contributed by atoms with Crippen molar-refractivity contribution in [3.8, 4) is 11.5 Å². The van der Waals surface area contributed by atoms with Gasteiger partial charge < -0.3 is 14.8 Å². The van der Waals surface area contributed by atoms with E-state index in [1.165, 1.54) is 24.7 Å². The van der Waals surface area contributed by atoms with E-state index in [1.54, 1.807) is 18.2 Å². The second kappa shape index (κ2) is 6.73. The zero-order chi connectivity index (χ0) is 19.0. The molecule has 0 unspecified atom stereocenters. The van der Waals surface area contributed by atoms with Crippen LogP contribution in [0.3, 0.4) is 0 Å². The minimum absolute atomic E-state index is 0.268. The van der Waals surface area contributed by atoms with Crippen molar-refractivity contribution in [1.29, 1.82) is 0 Å². The molecule has 2 heterocycles. The number of aromatic nitrogens is 2. The van der Waals surface area contributed by atoms with Crippen LogP contribution in [0, 0.1) is 0 Å². The Morgan fingerprint density at radius 1 is 1.07 bits per heavy atom. The van der Waals surface area contributed by atoms with E-state index >= 15 is 0 Å². The number of imidazole rings is 1. The Kier molecular flexibility index (Phi) is 4.25. The van der Waals surface area contributed by atoms with Gasteiger partial charge in [0.25, 0.3) is 11.5 Å². The second-order valence-corrected chi connectivity index (χ2v) is 6.73. The molecular formula is C19H15N3O4S. The Bertz CT molecular complexity index is 1210. The lowest BCUT2D eigenvalue weighted by atomic mass is 10.2. The molecule has 0 saturated carbocycles. The minimum atomic E-state index is -0.401. The lowest BCUT2D eigenvalue weighted by Crippen LogP contribution is -2.17. The van der Waals surface area contributed by atoms with Gasteiger partial charge in [-0.25, -0.2) is 4.98 Å². The summed E-state index contributed by atoms with van der Waals surface area (Å²) in [6, 6.07) is 13.7. The summed E-state index contributed by atoms with van der Waals surface area (Å²) in [6.45, 7) is 0. The molecule has 0 fully saturated rings. The number of nitrogens with zero attached hydrogens (tertiary/aromatic N) is 2. The van der Waals surface area contributed by atoms with Crippen LogP contribution in [-0.4, -0.2) is 29.5 Å². The normalized spacial score (nSPS) is 10.9. The Morgan fingerprint density at radius 3 is 2.48 bits per heavy atom. The summed E-state index contributed by atoms with van der Waals surface area (Å²) in [4.78, 5) is 30.4. The average Bonchev–Trinajstić information content (AvgIpc) is 3.06. The molecule has 0 aliphatic carbocycles. The zero-order valence-corrected chi connectivity index (χ0v) is 15.4. The number of amides is 1. The molecule has 2 aromatic carbocycles. The van der Waals surface area contributed by atoms with Crippen LogP contribution in [0.5, 0.6) is 11.5 Å². The first kappa shape index (κ1) is 17.0. The minimum Gasteiger partial charge on any atom is -0.497 e. The van der Waals surface area contributed by atoms with Gasteiger partial charge >= 0.3 is 0 Å². The molecule has 7 nitrogen and oxygen atoms in total. The van der Waals surface area contributed by atoms with E-state index in [-0.39, 0.29) is 10.4 Å². The van der Waals surface area contributed by atoms with E-state index in [2.05, 4.69) is 10.3 Å². The first-order valence-corrected chi connectivity index (χ1v) is 8.86. The average molecular weight is 381 g/mol.